The van der Waals surface area contributed by atoms with Gasteiger partial charge in [-0.2, -0.15) is 10.5 Å². The van der Waals surface area contributed by atoms with Crippen LogP contribution in [0.3, 0.4) is 0 Å². The zero-order valence-corrected chi connectivity index (χ0v) is 40.1. The van der Waals surface area contributed by atoms with E-state index in [2.05, 4.69) is 137 Å². The van der Waals surface area contributed by atoms with Crippen LogP contribution in [0.1, 0.15) is 114 Å². The van der Waals surface area contributed by atoms with Gasteiger partial charge in [-0.1, -0.05) is 137 Å². The number of benzene rings is 6. The molecular formula is C63H61N5. The number of aromatic nitrogens is 3. The molecule has 5 heteroatoms. The second kappa shape index (κ2) is 17.8. The van der Waals surface area contributed by atoms with Crippen LogP contribution < -0.4 is 0 Å². The van der Waals surface area contributed by atoms with Gasteiger partial charge < -0.3 is 0 Å². The maximum absolute atomic E-state index is 9.65. The molecule has 3 unspecified atom stereocenters. The second-order valence-electron chi connectivity index (χ2n) is 22.1. The molecule has 7 aromatic rings. The highest BCUT2D eigenvalue weighted by molar-refractivity contribution is 5.76. The standard InChI is InChI=1S/C63H61N5/c1-40-23-44-24-41(2)33-62(32-40,36-44)57-19-15-48(16-20-57)52-7-5-9-54(30-52)60-66-59(51-13-11-50(12-14-51)56-28-46(38-64)27-47(29-56)39-65)67-61(68-60)55-10-6-8-53(31-55)49-17-21-58(22-18-49)63-34-42(3)25-45(37-63)26-43(4)35-63/h5-22,27-31,40-45H,23-26,32-37H2,1-4H3/t40-,41+,42-,43?,44-,45-,62?,63?/m0/s1. The summed E-state index contributed by atoms with van der Waals surface area (Å²) in [6.45, 7) is 9.85. The molecule has 4 aliphatic rings. The molecule has 4 aliphatic carbocycles. The Morgan fingerprint density at radius 3 is 1.10 bits per heavy atom. The van der Waals surface area contributed by atoms with Crippen molar-refractivity contribution in [3.8, 4) is 79.7 Å². The van der Waals surface area contributed by atoms with E-state index in [-0.39, 0.29) is 0 Å². The molecule has 11 rings (SSSR count). The Hall–Kier alpha value is -6.69. The van der Waals surface area contributed by atoms with Gasteiger partial charge in [0, 0.05) is 16.7 Å². The van der Waals surface area contributed by atoms with E-state index in [9.17, 15) is 10.5 Å². The van der Waals surface area contributed by atoms with Crippen molar-refractivity contribution in [2.24, 2.45) is 35.5 Å². The first-order valence-electron chi connectivity index (χ1n) is 25.3. The molecule has 1 aromatic heterocycles. The molecule has 0 radical (unpaired) electrons. The molecule has 1 heterocycles. The van der Waals surface area contributed by atoms with Gasteiger partial charge in [0.2, 0.25) is 0 Å². The zero-order valence-electron chi connectivity index (χ0n) is 40.1. The van der Waals surface area contributed by atoms with E-state index in [4.69, 9.17) is 15.0 Å². The summed E-state index contributed by atoms with van der Waals surface area (Å²) >= 11 is 0. The largest absolute Gasteiger partial charge is 0.208 e. The summed E-state index contributed by atoms with van der Waals surface area (Å²) in [5.74, 6) is 6.59. The summed E-state index contributed by atoms with van der Waals surface area (Å²) in [4.78, 5) is 15.6. The summed E-state index contributed by atoms with van der Waals surface area (Å²) in [6.07, 6.45) is 13.3. The van der Waals surface area contributed by atoms with Crippen LogP contribution in [0.2, 0.25) is 0 Å². The Morgan fingerprint density at radius 2 is 0.706 bits per heavy atom. The van der Waals surface area contributed by atoms with E-state index in [1.807, 2.05) is 36.4 Å². The molecule has 0 saturated heterocycles. The number of rotatable bonds is 8. The smallest absolute Gasteiger partial charge is 0.164 e. The van der Waals surface area contributed by atoms with Crippen LogP contribution in [0.4, 0.5) is 0 Å². The minimum atomic E-state index is 0.294. The Bertz CT molecular complexity index is 2860. The molecule has 0 aliphatic heterocycles. The predicted octanol–water partition coefficient (Wildman–Crippen LogP) is 15.8. The van der Waals surface area contributed by atoms with E-state index >= 15 is 0 Å². The van der Waals surface area contributed by atoms with Crippen molar-refractivity contribution in [2.45, 2.75) is 103 Å². The van der Waals surface area contributed by atoms with Crippen LogP contribution in [-0.4, -0.2) is 15.0 Å². The summed E-state index contributed by atoms with van der Waals surface area (Å²) in [5, 5.41) is 19.3. The van der Waals surface area contributed by atoms with Crippen molar-refractivity contribution in [1.29, 1.82) is 10.5 Å². The Morgan fingerprint density at radius 1 is 0.368 bits per heavy atom. The SMILES string of the molecule is CC1C[C@@H]2C[C@H](C)CC(c3ccc(-c4cccc(-c5nc(-c6ccc(-c7cc(C#N)cc(C#N)c7)cc6)nc(-c6cccc(-c7ccc(C89C[C@H](C)C[C@H](C[C@H](C)C8)C9)cc7)c6)n5)c4)cc3)(C1)C2. The minimum Gasteiger partial charge on any atom is -0.208 e. The van der Waals surface area contributed by atoms with Crippen LogP contribution in [0.15, 0.2) is 140 Å². The molecule has 4 fully saturated rings. The molecule has 0 spiro atoms. The van der Waals surface area contributed by atoms with Gasteiger partial charge in [0.15, 0.2) is 17.5 Å². The summed E-state index contributed by atoms with van der Waals surface area (Å²) in [5.41, 5.74) is 13.6. The molecule has 0 amide bonds. The highest BCUT2D eigenvalue weighted by Gasteiger charge is 2.46. The topological polar surface area (TPSA) is 86.2 Å². The lowest BCUT2D eigenvalue weighted by Gasteiger charge is -2.50. The normalized spacial score (nSPS) is 26.3. The lowest BCUT2D eigenvalue weighted by Crippen LogP contribution is -2.42. The van der Waals surface area contributed by atoms with Crippen molar-refractivity contribution in [1.82, 2.24) is 15.0 Å². The van der Waals surface area contributed by atoms with Crippen LogP contribution >= 0.6 is 0 Å². The van der Waals surface area contributed by atoms with Crippen LogP contribution in [-0.2, 0) is 10.8 Å². The minimum absolute atomic E-state index is 0.294. The third kappa shape index (κ3) is 8.58. The van der Waals surface area contributed by atoms with Gasteiger partial charge in [-0.05, 0) is 185 Å². The van der Waals surface area contributed by atoms with E-state index < -0.39 is 0 Å². The van der Waals surface area contributed by atoms with Crippen LogP contribution in [0.5, 0.6) is 0 Å². The first-order chi connectivity index (χ1) is 33.0. The molecule has 68 heavy (non-hydrogen) atoms. The number of nitrogens with zero attached hydrogens (tertiary/aromatic N) is 5. The maximum atomic E-state index is 9.65. The highest BCUT2D eigenvalue weighted by Crippen LogP contribution is 2.55. The summed E-state index contributed by atoms with van der Waals surface area (Å²) in [6, 6.07) is 53.9. The quantitative estimate of drug-likeness (QED) is 0.152. The van der Waals surface area contributed by atoms with Crippen molar-refractivity contribution in [2.75, 3.05) is 0 Å². The van der Waals surface area contributed by atoms with Crippen molar-refractivity contribution in [3.63, 3.8) is 0 Å². The molecule has 8 atom stereocenters. The summed E-state index contributed by atoms with van der Waals surface area (Å²) in [7, 11) is 0. The third-order valence-corrected chi connectivity index (χ3v) is 16.5. The fourth-order valence-electron chi connectivity index (χ4n) is 14.3. The first kappa shape index (κ1) is 43.9. The number of fused-ring (bicyclic) bond motifs is 4. The van der Waals surface area contributed by atoms with Gasteiger partial charge in [0.05, 0.1) is 23.3 Å². The number of hydrogen-bond acceptors (Lipinski definition) is 5. The predicted molar refractivity (Wildman–Crippen MR) is 275 cm³/mol. The van der Waals surface area contributed by atoms with E-state index in [0.29, 0.717) is 39.4 Å². The monoisotopic (exact) mass is 887 g/mol. The van der Waals surface area contributed by atoms with E-state index in [0.717, 1.165) is 74.5 Å². The average molecular weight is 888 g/mol. The lowest BCUT2D eigenvalue weighted by atomic mass is 9.54. The highest BCUT2D eigenvalue weighted by atomic mass is 15.0. The fourth-order valence-corrected chi connectivity index (χ4v) is 14.3. The summed E-state index contributed by atoms with van der Waals surface area (Å²) < 4.78 is 0. The zero-order chi connectivity index (χ0) is 46.6. The van der Waals surface area contributed by atoms with Crippen LogP contribution in [0.25, 0.3) is 67.5 Å². The Balaban J connectivity index is 0.945. The Labute approximate surface area is 403 Å². The van der Waals surface area contributed by atoms with Crippen molar-refractivity contribution < 1.29 is 0 Å². The van der Waals surface area contributed by atoms with Crippen molar-refractivity contribution >= 4 is 0 Å². The molecule has 338 valence electrons. The molecular weight excluding hydrogens is 827 g/mol. The number of hydrogen-bond donors (Lipinski definition) is 0. The van der Waals surface area contributed by atoms with Crippen LogP contribution in [0, 0.1) is 58.2 Å². The average Bonchev–Trinajstić information content (AvgIpc) is 3.35. The lowest BCUT2D eigenvalue weighted by molar-refractivity contribution is 0.0779. The van der Waals surface area contributed by atoms with E-state index in [1.54, 1.807) is 6.07 Å². The molecule has 4 saturated carbocycles. The van der Waals surface area contributed by atoms with E-state index in [1.165, 1.54) is 86.5 Å². The molecule has 4 bridgehead atoms. The van der Waals surface area contributed by atoms with Gasteiger partial charge >= 0.3 is 0 Å². The van der Waals surface area contributed by atoms with Gasteiger partial charge in [0.25, 0.3) is 0 Å². The van der Waals surface area contributed by atoms with Gasteiger partial charge in [0.1, 0.15) is 0 Å². The third-order valence-electron chi connectivity index (χ3n) is 16.5. The maximum Gasteiger partial charge on any atom is 0.164 e. The molecule has 6 aromatic carbocycles. The first-order valence-corrected chi connectivity index (χ1v) is 25.3. The Kier molecular flexibility index (Phi) is 11.5. The second-order valence-corrected chi connectivity index (χ2v) is 22.1. The van der Waals surface area contributed by atoms with Gasteiger partial charge in [-0.25, -0.2) is 15.0 Å². The fraction of sp³-hybridized carbons (Fsp3) is 0.349. The van der Waals surface area contributed by atoms with Gasteiger partial charge in [-0.15, -0.1) is 0 Å². The molecule has 5 nitrogen and oxygen atoms in total. The molecule has 0 N–H and O–H groups in total. The van der Waals surface area contributed by atoms with Crippen molar-refractivity contribution in [3.05, 3.63) is 162 Å². The van der Waals surface area contributed by atoms with Gasteiger partial charge in [-0.3, -0.25) is 0 Å². The number of nitriles is 2.